The largest absolute Gasteiger partial charge is 0.458 e. The highest BCUT2D eigenvalue weighted by atomic mass is 16.5. The maximum absolute atomic E-state index is 13.1. The van der Waals surface area contributed by atoms with Gasteiger partial charge >= 0.3 is 5.97 Å². The highest BCUT2D eigenvalue weighted by Crippen LogP contribution is 2.74. The standard InChI is InChI=1S/C32H53NO4/c1-18(2)10-9-11-22(20(4)34)28-24-16-25(33)29-30(6)14-13-26(36)19(3)23(30)12-15-31(29,7)32(24,8)17-27(28)37-21(5)35/h18-19,23-27,29,36H,9-17,33H2,1-8H3/b28-22-/t19-,23-,24-,25+,26+,27-,29-,30-,31-,32-/m0/s1. The fourth-order valence-corrected chi connectivity index (χ4v) is 10.2. The maximum Gasteiger partial charge on any atom is 0.303 e. The normalized spacial score (nSPS) is 46.6. The number of hydrogen-bond donors (Lipinski definition) is 2. The van der Waals surface area contributed by atoms with Gasteiger partial charge in [-0.1, -0.05) is 48.0 Å². The molecule has 0 aromatic rings. The summed E-state index contributed by atoms with van der Waals surface area (Å²) in [5.74, 6) is 1.70. The Kier molecular flexibility index (Phi) is 7.85. The Bertz CT molecular complexity index is 941. The maximum atomic E-state index is 13.1. The fraction of sp³-hybridized carbons (Fsp3) is 0.875. The quantitative estimate of drug-likeness (QED) is 0.324. The topological polar surface area (TPSA) is 89.6 Å². The van der Waals surface area contributed by atoms with E-state index in [0.717, 1.165) is 68.9 Å². The number of Topliss-reactive ketones (excluding diaryl/α,β-unsaturated/α-hetero) is 1. The molecular weight excluding hydrogens is 462 g/mol. The fourth-order valence-electron chi connectivity index (χ4n) is 10.2. The first-order chi connectivity index (χ1) is 17.2. The average Bonchev–Trinajstić information content (AvgIpc) is 3.05. The van der Waals surface area contributed by atoms with Crippen molar-refractivity contribution in [2.45, 2.75) is 131 Å². The van der Waals surface area contributed by atoms with Crippen LogP contribution in [0.5, 0.6) is 0 Å². The van der Waals surface area contributed by atoms with Crippen LogP contribution in [-0.4, -0.2) is 35.1 Å². The summed E-state index contributed by atoms with van der Waals surface area (Å²) in [4.78, 5) is 25.4. The molecule has 5 nitrogen and oxygen atoms in total. The first kappa shape index (κ1) is 28.8. The second-order valence-electron chi connectivity index (χ2n) is 14.5. The molecule has 0 radical (unpaired) electrons. The Morgan fingerprint density at radius 3 is 2.38 bits per heavy atom. The van der Waals surface area contributed by atoms with Crippen LogP contribution in [-0.2, 0) is 14.3 Å². The molecular formula is C32H53NO4. The Morgan fingerprint density at radius 2 is 1.78 bits per heavy atom. The van der Waals surface area contributed by atoms with Gasteiger partial charge in [-0.15, -0.1) is 0 Å². The number of esters is 1. The minimum atomic E-state index is -0.342. The van der Waals surface area contributed by atoms with Gasteiger partial charge in [0.15, 0.2) is 5.78 Å². The number of allylic oxidation sites excluding steroid dienone is 1. The lowest BCUT2D eigenvalue weighted by molar-refractivity contribution is -0.204. The van der Waals surface area contributed by atoms with E-state index in [4.69, 9.17) is 10.5 Å². The van der Waals surface area contributed by atoms with Crippen LogP contribution in [0.25, 0.3) is 0 Å². The van der Waals surface area contributed by atoms with E-state index in [2.05, 4.69) is 41.5 Å². The molecule has 0 unspecified atom stereocenters. The van der Waals surface area contributed by atoms with E-state index in [1.165, 1.54) is 6.92 Å². The van der Waals surface area contributed by atoms with Gasteiger partial charge < -0.3 is 15.6 Å². The van der Waals surface area contributed by atoms with Gasteiger partial charge in [0, 0.05) is 13.0 Å². The number of hydrogen-bond acceptors (Lipinski definition) is 5. The van der Waals surface area contributed by atoms with Crippen LogP contribution in [0.3, 0.4) is 0 Å². The second-order valence-corrected chi connectivity index (χ2v) is 14.5. The van der Waals surface area contributed by atoms with Gasteiger partial charge in [-0.05, 0) is 115 Å². The molecule has 0 bridgehead atoms. The smallest absolute Gasteiger partial charge is 0.303 e. The first-order valence-corrected chi connectivity index (χ1v) is 15.0. The van der Waals surface area contributed by atoms with Gasteiger partial charge in [0.25, 0.3) is 0 Å². The van der Waals surface area contributed by atoms with Gasteiger partial charge in [-0.2, -0.15) is 0 Å². The van der Waals surface area contributed by atoms with E-state index in [1.54, 1.807) is 6.92 Å². The molecule has 0 heterocycles. The number of carbonyl (C=O) groups excluding carboxylic acids is 2. The molecule has 4 saturated carbocycles. The number of ether oxygens (including phenoxy) is 1. The molecule has 0 saturated heterocycles. The van der Waals surface area contributed by atoms with Gasteiger partial charge in [-0.3, -0.25) is 9.59 Å². The molecule has 0 aromatic carbocycles. The van der Waals surface area contributed by atoms with Crippen molar-refractivity contribution in [1.82, 2.24) is 0 Å². The van der Waals surface area contributed by atoms with Crippen LogP contribution in [0.1, 0.15) is 113 Å². The van der Waals surface area contributed by atoms with Crippen molar-refractivity contribution in [3.63, 3.8) is 0 Å². The zero-order chi connectivity index (χ0) is 27.5. The summed E-state index contributed by atoms with van der Waals surface area (Å²) in [5, 5.41) is 10.7. The molecule has 3 N–H and O–H groups in total. The third kappa shape index (κ3) is 4.54. The predicted octanol–water partition coefficient (Wildman–Crippen LogP) is 6.22. The minimum Gasteiger partial charge on any atom is -0.458 e. The van der Waals surface area contributed by atoms with Crippen LogP contribution in [0.2, 0.25) is 0 Å². The zero-order valence-electron chi connectivity index (χ0n) is 24.7. The molecule has 0 amide bonds. The van der Waals surface area contributed by atoms with Crippen LogP contribution >= 0.6 is 0 Å². The molecule has 4 fully saturated rings. The van der Waals surface area contributed by atoms with Crippen molar-refractivity contribution in [2.75, 3.05) is 0 Å². The van der Waals surface area contributed by atoms with Gasteiger partial charge in [0.1, 0.15) is 6.10 Å². The Balaban J connectivity index is 1.80. The third-order valence-corrected chi connectivity index (χ3v) is 12.1. The number of aliphatic hydroxyl groups is 1. The number of nitrogens with two attached hydrogens (primary N) is 1. The average molecular weight is 516 g/mol. The second kappa shape index (κ2) is 10.1. The monoisotopic (exact) mass is 515 g/mol. The lowest BCUT2D eigenvalue weighted by atomic mass is 9.36. The summed E-state index contributed by atoms with van der Waals surface area (Å²) in [7, 11) is 0. The summed E-state index contributed by atoms with van der Waals surface area (Å²) < 4.78 is 6.04. The van der Waals surface area contributed by atoms with Crippen molar-refractivity contribution in [3.8, 4) is 0 Å². The third-order valence-electron chi connectivity index (χ3n) is 12.1. The van der Waals surface area contributed by atoms with Gasteiger partial charge in [0.05, 0.1) is 6.10 Å². The summed E-state index contributed by atoms with van der Waals surface area (Å²) in [5.41, 5.74) is 9.15. The van der Waals surface area contributed by atoms with E-state index in [1.807, 2.05) is 0 Å². The number of fused-ring (bicyclic) bond motifs is 5. The zero-order valence-corrected chi connectivity index (χ0v) is 24.7. The summed E-state index contributed by atoms with van der Waals surface area (Å²) >= 11 is 0. The van der Waals surface area contributed by atoms with E-state index in [0.29, 0.717) is 23.7 Å². The van der Waals surface area contributed by atoms with Crippen molar-refractivity contribution >= 4 is 11.8 Å². The van der Waals surface area contributed by atoms with Crippen molar-refractivity contribution in [1.29, 1.82) is 0 Å². The minimum absolute atomic E-state index is 0.0215. The van der Waals surface area contributed by atoms with Crippen LogP contribution in [0.15, 0.2) is 11.1 Å². The van der Waals surface area contributed by atoms with Crippen molar-refractivity contribution in [3.05, 3.63) is 11.1 Å². The molecule has 37 heavy (non-hydrogen) atoms. The van der Waals surface area contributed by atoms with E-state index >= 15 is 0 Å². The Labute approximate surface area is 225 Å². The highest BCUT2D eigenvalue weighted by Gasteiger charge is 2.70. The predicted molar refractivity (Wildman–Crippen MR) is 148 cm³/mol. The molecule has 4 aliphatic carbocycles. The van der Waals surface area contributed by atoms with Crippen LogP contribution in [0, 0.1) is 45.8 Å². The molecule has 210 valence electrons. The van der Waals surface area contributed by atoms with E-state index in [9.17, 15) is 14.7 Å². The summed E-state index contributed by atoms with van der Waals surface area (Å²) in [6, 6.07) is 0.0215. The molecule has 0 spiro atoms. The Morgan fingerprint density at radius 1 is 1.11 bits per heavy atom. The number of ketones is 1. The first-order valence-electron chi connectivity index (χ1n) is 15.0. The molecule has 4 rings (SSSR count). The summed E-state index contributed by atoms with van der Waals surface area (Å²) in [6.07, 6.45) is 7.87. The van der Waals surface area contributed by atoms with E-state index < -0.39 is 0 Å². The molecule has 4 aliphatic rings. The number of carbonyl (C=O) groups is 2. The van der Waals surface area contributed by atoms with Crippen molar-refractivity contribution in [2.24, 2.45) is 51.6 Å². The number of aliphatic hydroxyl groups excluding tert-OH is 1. The van der Waals surface area contributed by atoms with Crippen molar-refractivity contribution < 1.29 is 19.4 Å². The van der Waals surface area contributed by atoms with Gasteiger partial charge in [-0.25, -0.2) is 0 Å². The SMILES string of the molecule is CC(=O)O[C@H]1C[C@@]2(C)[C@@H](C[C@@H](N)[C@H]3[C@@]4(C)CC[C@@H](O)[C@@H](C)[C@@H]4CC[C@@]32C)/C1=C(\CCCC(C)C)C(C)=O. The molecule has 0 aliphatic heterocycles. The highest BCUT2D eigenvalue weighted by molar-refractivity contribution is 5.94. The van der Waals surface area contributed by atoms with Crippen LogP contribution in [0.4, 0.5) is 0 Å². The van der Waals surface area contributed by atoms with Crippen LogP contribution < -0.4 is 5.73 Å². The summed E-state index contributed by atoms with van der Waals surface area (Å²) in [6.45, 7) is 17.2. The number of rotatable bonds is 6. The molecule has 10 atom stereocenters. The molecule has 0 aromatic heterocycles. The lowest BCUT2D eigenvalue weighted by Crippen LogP contribution is -2.67. The van der Waals surface area contributed by atoms with E-state index in [-0.39, 0.29) is 52.2 Å². The van der Waals surface area contributed by atoms with Gasteiger partial charge in [0.2, 0.25) is 0 Å². The lowest BCUT2D eigenvalue weighted by Gasteiger charge is -2.69. The Hall–Kier alpha value is -1.20. The molecule has 5 heteroatoms.